The predicted molar refractivity (Wildman–Crippen MR) is 88.7 cm³/mol. The van der Waals surface area contributed by atoms with E-state index in [9.17, 15) is 4.79 Å². The Labute approximate surface area is 136 Å². The van der Waals surface area contributed by atoms with Crippen molar-refractivity contribution >= 4 is 5.91 Å². The molecular formula is C19H20N2O2. The minimum atomic E-state index is -0.374. The molecular weight excluding hydrogens is 288 g/mol. The third-order valence-corrected chi connectivity index (χ3v) is 4.56. The van der Waals surface area contributed by atoms with Crippen molar-refractivity contribution in [1.29, 1.82) is 0 Å². The molecule has 0 aromatic heterocycles. The number of amides is 1. The van der Waals surface area contributed by atoms with Crippen LogP contribution in [0.5, 0.6) is 0 Å². The Kier molecular flexibility index (Phi) is 3.85. The second kappa shape index (κ2) is 6.14. The lowest BCUT2D eigenvalue weighted by molar-refractivity contribution is -0.146. The number of hydrogen-bond acceptors (Lipinski definition) is 3. The van der Waals surface area contributed by atoms with Crippen molar-refractivity contribution < 1.29 is 9.53 Å². The van der Waals surface area contributed by atoms with Crippen molar-refractivity contribution in [2.75, 3.05) is 19.7 Å². The first-order valence-electron chi connectivity index (χ1n) is 8.10. The second-order valence-electron chi connectivity index (χ2n) is 6.07. The number of ether oxygens (including phenoxy) is 1. The third kappa shape index (κ3) is 2.76. The van der Waals surface area contributed by atoms with Crippen molar-refractivity contribution in [3.63, 3.8) is 0 Å². The van der Waals surface area contributed by atoms with E-state index in [2.05, 4.69) is 41.7 Å². The van der Waals surface area contributed by atoms with E-state index in [1.807, 2.05) is 17.0 Å². The van der Waals surface area contributed by atoms with Gasteiger partial charge >= 0.3 is 0 Å². The molecule has 0 bridgehead atoms. The molecule has 2 aromatic rings. The van der Waals surface area contributed by atoms with Crippen LogP contribution in [0.3, 0.4) is 0 Å². The molecule has 0 radical (unpaired) electrons. The molecule has 1 unspecified atom stereocenters. The summed E-state index contributed by atoms with van der Waals surface area (Å²) in [4.78, 5) is 14.8. The van der Waals surface area contributed by atoms with E-state index in [-0.39, 0.29) is 12.0 Å². The predicted octanol–water partition coefficient (Wildman–Crippen LogP) is 2.18. The minimum absolute atomic E-state index is 0.0729. The van der Waals surface area contributed by atoms with Gasteiger partial charge < -0.3 is 15.0 Å². The van der Waals surface area contributed by atoms with Crippen molar-refractivity contribution in [2.45, 2.75) is 19.2 Å². The van der Waals surface area contributed by atoms with Crippen LogP contribution in [0.4, 0.5) is 0 Å². The first kappa shape index (κ1) is 14.4. The average molecular weight is 308 g/mol. The van der Waals surface area contributed by atoms with Crippen molar-refractivity contribution in [2.24, 2.45) is 0 Å². The molecule has 0 aliphatic carbocycles. The maximum absolute atomic E-state index is 12.9. The summed E-state index contributed by atoms with van der Waals surface area (Å²) in [5.74, 6) is 0.0729. The Morgan fingerprint density at radius 1 is 1.00 bits per heavy atom. The van der Waals surface area contributed by atoms with Crippen LogP contribution in [-0.2, 0) is 22.6 Å². The number of benzene rings is 2. The van der Waals surface area contributed by atoms with Crippen LogP contribution in [0.2, 0.25) is 0 Å². The van der Waals surface area contributed by atoms with E-state index in [0.29, 0.717) is 26.2 Å². The molecule has 4 nitrogen and oxygen atoms in total. The highest BCUT2D eigenvalue weighted by Gasteiger charge is 2.29. The molecule has 23 heavy (non-hydrogen) atoms. The zero-order chi connectivity index (χ0) is 15.6. The molecule has 2 aliphatic heterocycles. The van der Waals surface area contributed by atoms with E-state index in [4.69, 9.17) is 4.74 Å². The van der Waals surface area contributed by atoms with Gasteiger partial charge in [0.2, 0.25) is 0 Å². The minimum Gasteiger partial charge on any atom is -0.366 e. The van der Waals surface area contributed by atoms with Crippen LogP contribution in [0, 0.1) is 0 Å². The maximum atomic E-state index is 12.9. The van der Waals surface area contributed by atoms with Crippen LogP contribution in [0.1, 0.15) is 11.1 Å². The van der Waals surface area contributed by atoms with Gasteiger partial charge in [0.25, 0.3) is 5.91 Å². The fourth-order valence-corrected chi connectivity index (χ4v) is 3.39. The summed E-state index contributed by atoms with van der Waals surface area (Å²) >= 11 is 0. The van der Waals surface area contributed by atoms with Gasteiger partial charge in [0, 0.05) is 26.2 Å². The zero-order valence-corrected chi connectivity index (χ0v) is 13.0. The van der Waals surface area contributed by atoms with E-state index in [0.717, 1.165) is 6.54 Å². The van der Waals surface area contributed by atoms with Crippen molar-refractivity contribution in [1.82, 2.24) is 10.2 Å². The summed E-state index contributed by atoms with van der Waals surface area (Å²) in [5.41, 5.74) is 4.83. The number of carbonyl (C=O) groups is 1. The molecule has 4 rings (SSSR count). The van der Waals surface area contributed by atoms with Crippen molar-refractivity contribution in [3.8, 4) is 11.1 Å². The fraction of sp³-hybridized carbons (Fsp3) is 0.316. The van der Waals surface area contributed by atoms with E-state index in [1.165, 1.54) is 22.3 Å². The van der Waals surface area contributed by atoms with Gasteiger partial charge in [-0.3, -0.25) is 4.79 Å². The lowest BCUT2D eigenvalue weighted by Crippen LogP contribution is -2.48. The molecule has 1 amide bonds. The molecule has 0 saturated carbocycles. The average Bonchev–Trinajstić information content (AvgIpc) is 2.79. The second-order valence-corrected chi connectivity index (χ2v) is 6.07. The van der Waals surface area contributed by atoms with Gasteiger partial charge in [-0.15, -0.1) is 0 Å². The fourth-order valence-electron chi connectivity index (χ4n) is 3.39. The quantitative estimate of drug-likeness (QED) is 0.878. The Hall–Kier alpha value is -2.17. The van der Waals surface area contributed by atoms with Crippen LogP contribution in [0.15, 0.2) is 48.5 Å². The maximum Gasteiger partial charge on any atom is 0.253 e. The summed E-state index contributed by atoms with van der Waals surface area (Å²) < 4.78 is 5.66. The van der Waals surface area contributed by atoms with Gasteiger partial charge in [0.15, 0.2) is 0 Å². The summed E-state index contributed by atoms with van der Waals surface area (Å²) in [6.07, 6.45) is -0.374. The van der Waals surface area contributed by atoms with Gasteiger partial charge in [-0.05, 0) is 22.3 Å². The van der Waals surface area contributed by atoms with Crippen molar-refractivity contribution in [3.05, 3.63) is 59.7 Å². The molecule has 0 spiro atoms. The Bertz CT molecular complexity index is 675. The molecule has 4 heteroatoms. The van der Waals surface area contributed by atoms with E-state index >= 15 is 0 Å². The molecule has 118 valence electrons. The van der Waals surface area contributed by atoms with Crippen LogP contribution in [0.25, 0.3) is 11.1 Å². The van der Waals surface area contributed by atoms with E-state index in [1.54, 1.807) is 0 Å². The number of fused-ring (bicyclic) bond motifs is 3. The Morgan fingerprint density at radius 3 is 2.17 bits per heavy atom. The number of morpholine rings is 1. The highest BCUT2D eigenvalue weighted by atomic mass is 16.5. The smallest absolute Gasteiger partial charge is 0.253 e. The summed E-state index contributed by atoms with van der Waals surface area (Å²) in [6.45, 7) is 3.26. The normalized spacial score (nSPS) is 20.3. The van der Waals surface area contributed by atoms with E-state index < -0.39 is 0 Å². The molecule has 1 fully saturated rings. The van der Waals surface area contributed by atoms with Crippen LogP contribution < -0.4 is 5.32 Å². The first-order valence-corrected chi connectivity index (χ1v) is 8.10. The third-order valence-electron chi connectivity index (χ3n) is 4.56. The standard InChI is InChI=1S/C19H20N2O2/c22-19(18-11-20-9-10-23-18)21-12-14-5-1-3-7-16(14)17-8-4-2-6-15(17)13-21/h1-8,18,20H,9-13H2. The van der Waals surface area contributed by atoms with Gasteiger partial charge in [-0.1, -0.05) is 48.5 Å². The monoisotopic (exact) mass is 308 g/mol. The van der Waals surface area contributed by atoms with Crippen LogP contribution in [-0.4, -0.2) is 36.6 Å². The highest BCUT2D eigenvalue weighted by Crippen LogP contribution is 2.32. The number of rotatable bonds is 1. The summed E-state index contributed by atoms with van der Waals surface area (Å²) in [7, 11) is 0. The molecule has 1 N–H and O–H groups in total. The van der Waals surface area contributed by atoms with Gasteiger partial charge in [0.05, 0.1) is 6.61 Å². The topological polar surface area (TPSA) is 41.6 Å². The van der Waals surface area contributed by atoms with Gasteiger partial charge in [0.1, 0.15) is 6.10 Å². The number of nitrogens with zero attached hydrogens (tertiary/aromatic N) is 1. The molecule has 2 aliphatic rings. The number of hydrogen-bond donors (Lipinski definition) is 1. The largest absolute Gasteiger partial charge is 0.366 e. The number of carbonyl (C=O) groups excluding carboxylic acids is 1. The van der Waals surface area contributed by atoms with Gasteiger partial charge in [-0.2, -0.15) is 0 Å². The van der Waals surface area contributed by atoms with Crippen LogP contribution >= 0.6 is 0 Å². The lowest BCUT2D eigenvalue weighted by atomic mass is 9.97. The molecule has 2 heterocycles. The summed E-state index contributed by atoms with van der Waals surface area (Å²) in [6, 6.07) is 16.7. The Morgan fingerprint density at radius 2 is 1.61 bits per heavy atom. The lowest BCUT2D eigenvalue weighted by Gasteiger charge is -2.29. The molecule has 2 aromatic carbocycles. The first-order chi connectivity index (χ1) is 11.3. The van der Waals surface area contributed by atoms with Gasteiger partial charge in [-0.25, -0.2) is 0 Å². The SMILES string of the molecule is O=C(C1CNCCO1)N1Cc2ccccc2-c2ccccc2C1. The Balaban J connectivity index is 1.70. The number of nitrogens with one attached hydrogen (secondary N) is 1. The highest BCUT2D eigenvalue weighted by molar-refractivity contribution is 5.83. The molecule has 1 atom stereocenters. The summed E-state index contributed by atoms with van der Waals surface area (Å²) in [5, 5.41) is 3.24. The molecule has 1 saturated heterocycles. The zero-order valence-electron chi connectivity index (χ0n) is 13.0.